The third kappa shape index (κ3) is 6.51. The maximum atomic E-state index is 9.04. The molecule has 0 N–H and O–H groups in total. The topological polar surface area (TPSA) is 40.2 Å². The van der Waals surface area contributed by atoms with Crippen molar-refractivity contribution in [2.45, 2.75) is 92.3 Å². The fraction of sp³-hybridized carbons (Fsp3) is 0.459. The Morgan fingerprint density at radius 3 is 2.51 bits per heavy atom. The number of nitrogens with zero attached hydrogens (tertiary/aromatic N) is 1. The fourth-order valence-electron chi connectivity index (χ4n) is 6.61. The third-order valence-corrected chi connectivity index (χ3v) is 9.74. The number of hydrogen-bond donors (Lipinski definition) is 0. The first-order chi connectivity index (χ1) is 21.8. The zero-order valence-electron chi connectivity index (χ0n) is 30.1. The maximum Gasteiger partial charge on any atom is 0.153 e. The Morgan fingerprint density at radius 2 is 1.81 bits per heavy atom. The van der Waals surface area contributed by atoms with Gasteiger partial charge in [0, 0.05) is 27.7 Å². The first kappa shape index (κ1) is 27.3. The molecule has 3 aromatic carbocycles. The highest BCUT2D eigenvalue weighted by molar-refractivity contribution is 7.22. The molecule has 0 bridgehead atoms. The monoisotopic (exact) mass is 604 g/mol. The minimum Gasteiger partial charge on any atom is -0.496 e. The van der Waals surface area contributed by atoms with E-state index in [2.05, 4.69) is 32.6 Å². The van der Waals surface area contributed by atoms with E-state index in [1.807, 2.05) is 51.1 Å². The standard InChI is InChI=1S/C37H47NO4S/c1-10-40-28-13-15-30(23(2)18-28)36-35(31-20-25(4)33(39-9)21-34(31)43-36)42-32-16-14-29(19-24(32)3)41-22-27(6)38-26(5)12-11-17-37(38,7)8/h13-16,18-21,26-27H,10-12,17,22H2,1-9H3/i14D,16D,19D. The lowest BCUT2D eigenvalue weighted by Gasteiger charge is -2.49. The van der Waals surface area contributed by atoms with E-state index in [1.54, 1.807) is 25.4 Å². The minimum absolute atomic E-state index is 0.0489. The van der Waals surface area contributed by atoms with Gasteiger partial charge >= 0.3 is 0 Å². The minimum atomic E-state index is -0.139. The average molecular weight is 605 g/mol. The lowest BCUT2D eigenvalue weighted by atomic mass is 9.85. The largest absolute Gasteiger partial charge is 0.496 e. The molecule has 5 nitrogen and oxygen atoms in total. The predicted octanol–water partition coefficient (Wildman–Crippen LogP) is 10.1. The van der Waals surface area contributed by atoms with Gasteiger partial charge in [0.1, 0.15) is 29.6 Å². The molecule has 6 heteroatoms. The number of piperidine rings is 1. The molecule has 0 aliphatic carbocycles. The predicted molar refractivity (Wildman–Crippen MR) is 180 cm³/mol. The molecule has 2 heterocycles. The van der Waals surface area contributed by atoms with E-state index in [0.717, 1.165) is 56.0 Å². The number of rotatable bonds is 10. The van der Waals surface area contributed by atoms with E-state index in [9.17, 15) is 0 Å². The van der Waals surface area contributed by atoms with Crippen LogP contribution in [0.5, 0.6) is 28.7 Å². The number of hydrogen-bond acceptors (Lipinski definition) is 6. The molecule has 1 aliphatic rings. The first-order valence-corrected chi connectivity index (χ1v) is 16.1. The Bertz CT molecular complexity index is 1720. The number of benzene rings is 3. The van der Waals surface area contributed by atoms with Crippen molar-refractivity contribution in [3.8, 4) is 39.2 Å². The zero-order valence-corrected chi connectivity index (χ0v) is 27.9. The molecule has 43 heavy (non-hydrogen) atoms. The highest BCUT2D eigenvalue weighted by Gasteiger charge is 2.37. The van der Waals surface area contributed by atoms with Crippen LogP contribution in [0, 0.1) is 20.8 Å². The number of ether oxygens (including phenoxy) is 4. The van der Waals surface area contributed by atoms with Gasteiger partial charge < -0.3 is 18.9 Å². The van der Waals surface area contributed by atoms with Gasteiger partial charge in [-0.25, -0.2) is 0 Å². The van der Waals surface area contributed by atoms with Crippen LogP contribution in [0.1, 0.15) is 74.7 Å². The molecule has 230 valence electrons. The van der Waals surface area contributed by atoms with Crippen molar-refractivity contribution in [2.24, 2.45) is 0 Å². The summed E-state index contributed by atoms with van der Waals surface area (Å²) in [7, 11) is 1.66. The summed E-state index contributed by atoms with van der Waals surface area (Å²) in [4.78, 5) is 3.39. The molecule has 4 aromatic rings. The summed E-state index contributed by atoms with van der Waals surface area (Å²) in [5.74, 6) is 2.50. The molecule has 0 saturated carbocycles. The van der Waals surface area contributed by atoms with Crippen LogP contribution in [0.4, 0.5) is 0 Å². The van der Waals surface area contributed by atoms with Gasteiger partial charge in [0.2, 0.25) is 0 Å². The van der Waals surface area contributed by atoms with Crippen LogP contribution in [0.2, 0.25) is 0 Å². The van der Waals surface area contributed by atoms with Crippen molar-refractivity contribution in [1.29, 1.82) is 0 Å². The molecule has 1 saturated heterocycles. The highest BCUT2D eigenvalue weighted by Crippen LogP contribution is 2.49. The fourth-order valence-corrected chi connectivity index (χ4v) is 7.84. The molecule has 5 rings (SSSR count). The van der Waals surface area contributed by atoms with E-state index in [0.29, 0.717) is 30.6 Å². The Labute approximate surface area is 265 Å². The van der Waals surface area contributed by atoms with Crippen molar-refractivity contribution < 1.29 is 23.1 Å². The van der Waals surface area contributed by atoms with E-state index in [-0.39, 0.29) is 41.2 Å². The normalized spacial score (nSPS) is 18.5. The molecule has 2 atom stereocenters. The second kappa shape index (κ2) is 12.8. The molecular weight excluding hydrogens is 554 g/mol. The molecule has 1 aliphatic heterocycles. The van der Waals surface area contributed by atoms with Gasteiger partial charge in [-0.1, -0.05) is 6.42 Å². The average Bonchev–Trinajstić information content (AvgIpc) is 3.33. The molecule has 0 amide bonds. The summed E-state index contributed by atoms with van der Waals surface area (Å²) in [6, 6.07) is 10.4. The molecule has 1 aromatic heterocycles. The maximum absolute atomic E-state index is 9.04. The van der Waals surface area contributed by atoms with Gasteiger partial charge in [0.15, 0.2) is 5.75 Å². The summed E-state index contributed by atoms with van der Waals surface area (Å²) >= 11 is 1.59. The van der Waals surface area contributed by atoms with E-state index in [1.165, 1.54) is 6.42 Å². The van der Waals surface area contributed by atoms with Crippen LogP contribution in [0.3, 0.4) is 0 Å². The Morgan fingerprint density at radius 1 is 1.02 bits per heavy atom. The molecule has 0 radical (unpaired) electrons. The summed E-state index contributed by atoms with van der Waals surface area (Å²) in [5.41, 5.74) is 3.49. The van der Waals surface area contributed by atoms with Crippen molar-refractivity contribution in [2.75, 3.05) is 20.3 Å². The van der Waals surface area contributed by atoms with Crippen molar-refractivity contribution in [3.05, 3.63) is 65.1 Å². The Kier molecular flexibility index (Phi) is 8.13. The van der Waals surface area contributed by atoms with E-state index < -0.39 is 0 Å². The SMILES string of the molecule is [2H]c1c([2H])c(Oc2c(-c3ccc(OCC)cc3C)sc3cc(OC)c(C)cc23)c(C)c([2H])c1OCC(C)N1C(C)CCCC1(C)C. The summed E-state index contributed by atoms with van der Waals surface area (Å²) < 4.78 is 52.2. The summed E-state index contributed by atoms with van der Waals surface area (Å²) in [6.45, 7) is 17.6. The number of methoxy groups -OCH3 is 1. The van der Waals surface area contributed by atoms with E-state index >= 15 is 0 Å². The number of aryl methyl sites for hydroxylation is 2. The van der Waals surface area contributed by atoms with Crippen molar-refractivity contribution >= 4 is 21.4 Å². The Balaban J connectivity index is 1.54. The lowest BCUT2D eigenvalue weighted by Crippen LogP contribution is -2.57. The highest BCUT2D eigenvalue weighted by atomic mass is 32.1. The summed E-state index contributed by atoms with van der Waals surface area (Å²) in [6.07, 6.45) is 3.48. The smallest absolute Gasteiger partial charge is 0.153 e. The molecule has 0 spiro atoms. The van der Waals surface area contributed by atoms with Crippen molar-refractivity contribution in [3.63, 3.8) is 0 Å². The van der Waals surface area contributed by atoms with E-state index in [4.69, 9.17) is 23.1 Å². The Hall–Kier alpha value is -3.22. The third-order valence-electron chi connectivity index (χ3n) is 8.58. The molecular formula is C37H47NO4S. The number of thiophene rings is 1. The lowest BCUT2D eigenvalue weighted by molar-refractivity contribution is -0.0169. The number of fused-ring (bicyclic) bond motifs is 1. The first-order valence-electron chi connectivity index (χ1n) is 16.8. The van der Waals surface area contributed by atoms with Gasteiger partial charge in [0.05, 0.1) is 22.7 Å². The van der Waals surface area contributed by atoms with Crippen LogP contribution in [-0.2, 0) is 0 Å². The van der Waals surface area contributed by atoms with Crippen LogP contribution < -0.4 is 18.9 Å². The quantitative estimate of drug-likeness (QED) is 0.180. The molecule has 1 fully saturated rings. The van der Waals surface area contributed by atoms with Crippen LogP contribution in [0.25, 0.3) is 20.5 Å². The second-order valence-corrected chi connectivity index (χ2v) is 13.4. The van der Waals surface area contributed by atoms with Crippen LogP contribution >= 0.6 is 11.3 Å². The summed E-state index contributed by atoms with van der Waals surface area (Å²) in [5, 5.41) is 0.885. The molecule has 2 unspecified atom stereocenters. The van der Waals surface area contributed by atoms with Crippen LogP contribution in [0.15, 0.2) is 48.5 Å². The van der Waals surface area contributed by atoms with Gasteiger partial charge in [-0.05, 0) is 139 Å². The van der Waals surface area contributed by atoms with Gasteiger partial charge in [-0.15, -0.1) is 11.3 Å². The van der Waals surface area contributed by atoms with Crippen LogP contribution in [-0.4, -0.2) is 42.8 Å². The second-order valence-electron chi connectivity index (χ2n) is 12.4. The zero-order chi connectivity index (χ0) is 33.5. The van der Waals surface area contributed by atoms with Gasteiger partial charge in [-0.3, -0.25) is 4.90 Å². The number of likely N-dealkylation sites (tertiary alicyclic amines) is 1. The van der Waals surface area contributed by atoms with Gasteiger partial charge in [0.25, 0.3) is 0 Å². The van der Waals surface area contributed by atoms with Crippen molar-refractivity contribution in [1.82, 2.24) is 4.90 Å². The van der Waals surface area contributed by atoms with Gasteiger partial charge in [-0.2, -0.15) is 0 Å².